The van der Waals surface area contributed by atoms with E-state index < -0.39 is 0 Å². The van der Waals surface area contributed by atoms with Gasteiger partial charge in [-0.15, -0.1) is 11.3 Å². The Morgan fingerprint density at radius 2 is 2.39 bits per heavy atom. The summed E-state index contributed by atoms with van der Waals surface area (Å²) in [6.45, 7) is 10.3. The van der Waals surface area contributed by atoms with Crippen molar-refractivity contribution in [2.24, 2.45) is 0 Å². The van der Waals surface area contributed by atoms with Gasteiger partial charge < -0.3 is 10.1 Å². The molecule has 1 N–H and O–H groups in total. The first-order valence-corrected chi connectivity index (χ1v) is 7.79. The number of fused-ring (bicyclic) bond motifs is 1. The molecule has 0 saturated heterocycles. The number of hydrogen-bond acceptors (Lipinski definition) is 4. The van der Waals surface area contributed by atoms with Gasteiger partial charge in [0.1, 0.15) is 0 Å². The second-order valence-corrected chi connectivity index (χ2v) is 5.71. The van der Waals surface area contributed by atoms with Crippen LogP contribution in [0.3, 0.4) is 0 Å². The van der Waals surface area contributed by atoms with Crippen LogP contribution in [-0.2, 0) is 11.2 Å². The summed E-state index contributed by atoms with van der Waals surface area (Å²) in [5.41, 5.74) is 1.54. The lowest BCUT2D eigenvalue weighted by Gasteiger charge is -2.33. The number of nitrogens with one attached hydrogen (secondary N) is 1. The third-order valence-electron chi connectivity index (χ3n) is 3.61. The average Bonchev–Trinajstić information content (AvgIpc) is 2.85. The van der Waals surface area contributed by atoms with Crippen molar-refractivity contribution in [2.75, 3.05) is 39.4 Å². The molecular formula is C14H24N2OS. The van der Waals surface area contributed by atoms with Gasteiger partial charge in [-0.1, -0.05) is 0 Å². The third kappa shape index (κ3) is 3.54. The van der Waals surface area contributed by atoms with Crippen molar-refractivity contribution < 1.29 is 4.74 Å². The summed E-state index contributed by atoms with van der Waals surface area (Å²) in [6.07, 6.45) is 1.22. The van der Waals surface area contributed by atoms with Crippen LogP contribution in [0.15, 0.2) is 11.4 Å². The second kappa shape index (κ2) is 7.24. The number of nitrogens with zero attached hydrogens (tertiary/aromatic N) is 1. The number of ether oxygens (including phenoxy) is 1. The minimum atomic E-state index is 0.577. The van der Waals surface area contributed by atoms with Gasteiger partial charge in [0.15, 0.2) is 0 Å². The van der Waals surface area contributed by atoms with Gasteiger partial charge in [-0.3, -0.25) is 4.90 Å². The number of thiophene rings is 1. The van der Waals surface area contributed by atoms with Crippen molar-refractivity contribution in [1.82, 2.24) is 10.2 Å². The largest absolute Gasteiger partial charge is 0.380 e. The fourth-order valence-corrected chi connectivity index (χ4v) is 3.47. The SMILES string of the molecule is CCOCCNCCN1CCc2sccc2C1C. The molecule has 1 aromatic heterocycles. The highest BCUT2D eigenvalue weighted by Crippen LogP contribution is 2.32. The van der Waals surface area contributed by atoms with E-state index in [0.717, 1.165) is 32.8 Å². The van der Waals surface area contributed by atoms with E-state index >= 15 is 0 Å². The summed E-state index contributed by atoms with van der Waals surface area (Å²) in [6, 6.07) is 2.87. The zero-order valence-electron chi connectivity index (χ0n) is 11.4. The minimum absolute atomic E-state index is 0.577. The summed E-state index contributed by atoms with van der Waals surface area (Å²) in [5.74, 6) is 0. The van der Waals surface area contributed by atoms with Crippen LogP contribution in [-0.4, -0.2) is 44.3 Å². The molecule has 0 fully saturated rings. The summed E-state index contributed by atoms with van der Waals surface area (Å²) in [7, 11) is 0. The molecule has 18 heavy (non-hydrogen) atoms. The Balaban J connectivity index is 1.68. The second-order valence-electron chi connectivity index (χ2n) is 4.71. The van der Waals surface area contributed by atoms with Crippen molar-refractivity contribution >= 4 is 11.3 Å². The van der Waals surface area contributed by atoms with E-state index in [4.69, 9.17) is 4.74 Å². The zero-order chi connectivity index (χ0) is 12.8. The Labute approximate surface area is 114 Å². The lowest BCUT2D eigenvalue weighted by atomic mass is 10.0. The van der Waals surface area contributed by atoms with Crippen LogP contribution in [0.5, 0.6) is 0 Å². The van der Waals surface area contributed by atoms with E-state index in [1.165, 1.54) is 13.0 Å². The molecule has 2 rings (SSSR count). The van der Waals surface area contributed by atoms with Gasteiger partial charge >= 0.3 is 0 Å². The standard InChI is InChI=1S/C14H24N2OS/c1-3-17-10-7-15-6-9-16-8-4-14-13(12(16)2)5-11-18-14/h5,11-12,15H,3-4,6-10H2,1-2H3. The molecule has 0 aromatic carbocycles. The summed E-state index contributed by atoms with van der Waals surface area (Å²) >= 11 is 1.91. The van der Waals surface area contributed by atoms with Crippen molar-refractivity contribution in [3.8, 4) is 0 Å². The van der Waals surface area contributed by atoms with Gasteiger partial charge in [0.05, 0.1) is 6.61 Å². The van der Waals surface area contributed by atoms with E-state index in [0.29, 0.717) is 6.04 Å². The smallest absolute Gasteiger partial charge is 0.0590 e. The molecule has 1 aromatic rings. The summed E-state index contributed by atoms with van der Waals surface area (Å²) in [5, 5.41) is 5.67. The van der Waals surface area contributed by atoms with Gasteiger partial charge in [-0.25, -0.2) is 0 Å². The Morgan fingerprint density at radius 1 is 1.50 bits per heavy atom. The zero-order valence-corrected chi connectivity index (χ0v) is 12.3. The van der Waals surface area contributed by atoms with E-state index in [1.807, 2.05) is 18.3 Å². The molecule has 0 aliphatic carbocycles. The number of hydrogen-bond donors (Lipinski definition) is 1. The van der Waals surface area contributed by atoms with E-state index in [1.54, 1.807) is 10.4 Å². The fraction of sp³-hybridized carbons (Fsp3) is 0.714. The topological polar surface area (TPSA) is 24.5 Å². The highest BCUT2D eigenvalue weighted by atomic mass is 32.1. The lowest BCUT2D eigenvalue weighted by molar-refractivity contribution is 0.146. The third-order valence-corrected chi connectivity index (χ3v) is 4.60. The molecule has 0 radical (unpaired) electrons. The molecule has 4 heteroatoms. The van der Waals surface area contributed by atoms with Gasteiger partial charge in [0.2, 0.25) is 0 Å². The van der Waals surface area contributed by atoms with E-state index in [-0.39, 0.29) is 0 Å². The van der Waals surface area contributed by atoms with Gasteiger partial charge in [-0.2, -0.15) is 0 Å². The van der Waals surface area contributed by atoms with Crippen LogP contribution in [0.1, 0.15) is 30.3 Å². The molecule has 0 saturated carbocycles. The van der Waals surface area contributed by atoms with Crippen molar-refractivity contribution in [1.29, 1.82) is 0 Å². The van der Waals surface area contributed by atoms with Crippen LogP contribution in [0.2, 0.25) is 0 Å². The Kier molecular flexibility index (Phi) is 5.63. The fourth-order valence-electron chi connectivity index (χ4n) is 2.50. The van der Waals surface area contributed by atoms with E-state index in [2.05, 4.69) is 28.6 Å². The van der Waals surface area contributed by atoms with Gasteiger partial charge in [0, 0.05) is 43.7 Å². The predicted octanol–water partition coefficient (Wildman–Crippen LogP) is 2.29. The number of rotatable bonds is 7. The van der Waals surface area contributed by atoms with Gasteiger partial charge in [-0.05, 0) is 37.3 Å². The maximum Gasteiger partial charge on any atom is 0.0590 e. The highest BCUT2D eigenvalue weighted by Gasteiger charge is 2.23. The Hall–Kier alpha value is -0.420. The minimum Gasteiger partial charge on any atom is -0.380 e. The molecule has 1 aliphatic heterocycles. The maximum absolute atomic E-state index is 5.31. The Bertz CT molecular complexity index is 353. The van der Waals surface area contributed by atoms with Gasteiger partial charge in [0.25, 0.3) is 0 Å². The van der Waals surface area contributed by atoms with Crippen LogP contribution >= 0.6 is 11.3 Å². The van der Waals surface area contributed by atoms with Crippen LogP contribution in [0, 0.1) is 0 Å². The van der Waals surface area contributed by atoms with E-state index in [9.17, 15) is 0 Å². The van der Waals surface area contributed by atoms with Crippen molar-refractivity contribution in [3.63, 3.8) is 0 Å². The normalized spacial score (nSPS) is 20.0. The average molecular weight is 268 g/mol. The molecule has 0 amide bonds. The van der Waals surface area contributed by atoms with Crippen LogP contribution < -0.4 is 5.32 Å². The molecule has 1 atom stereocenters. The Morgan fingerprint density at radius 3 is 3.22 bits per heavy atom. The molecule has 1 unspecified atom stereocenters. The van der Waals surface area contributed by atoms with Crippen molar-refractivity contribution in [2.45, 2.75) is 26.3 Å². The molecule has 1 aliphatic rings. The quantitative estimate of drug-likeness (QED) is 0.768. The summed E-state index contributed by atoms with van der Waals surface area (Å²) < 4.78 is 5.31. The summed E-state index contributed by atoms with van der Waals surface area (Å²) in [4.78, 5) is 4.16. The first kappa shape index (κ1) is 14.0. The predicted molar refractivity (Wildman–Crippen MR) is 77.4 cm³/mol. The molecule has 102 valence electrons. The van der Waals surface area contributed by atoms with Crippen molar-refractivity contribution in [3.05, 3.63) is 21.9 Å². The molecule has 3 nitrogen and oxygen atoms in total. The molecule has 0 spiro atoms. The van der Waals surface area contributed by atoms with Crippen LogP contribution in [0.4, 0.5) is 0 Å². The maximum atomic E-state index is 5.31. The van der Waals surface area contributed by atoms with Crippen LogP contribution in [0.25, 0.3) is 0 Å². The molecular weight excluding hydrogens is 244 g/mol. The molecule has 2 heterocycles. The monoisotopic (exact) mass is 268 g/mol. The first-order valence-electron chi connectivity index (χ1n) is 6.91. The highest BCUT2D eigenvalue weighted by molar-refractivity contribution is 7.10. The lowest BCUT2D eigenvalue weighted by Crippen LogP contribution is -2.38. The first-order chi connectivity index (χ1) is 8.83. The molecule has 0 bridgehead atoms.